The van der Waals surface area contributed by atoms with Gasteiger partial charge in [-0.05, 0) is 52.3 Å². The Balaban J connectivity index is 1.50. The number of carbonyl (C=O) groups excluding carboxylic acids is 1. The minimum absolute atomic E-state index is 0.110. The van der Waals surface area contributed by atoms with Crippen LogP contribution in [-0.2, 0) is 4.74 Å². The molecule has 0 spiro atoms. The summed E-state index contributed by atoms with van der Waals surface area (Å²) in [6.45, 7) is 2.13. The number of para-hydroxylation sites is 1. The first-order chi connectivity index (χ1) is 16.9. The van der Waals surface area contributed by atoms with Crippen LogP contribution in [0.25, 0.3) is 20.8 Å². The van der Waals surface area contributed by atoms with Crippen LogP contribution in [0.15, 0.2) is 63.5 Å². The Hall–Kier alpha value is -2.86. The number of halogens is 2. The zero-order valence-corrected chi connectivity index (χ0v) is 22.2. The maximum Gasteiger partial charge on any atom is 0.293 e. The van der Waals surface area contributed by atoms with Crippen molar-refractivity contribution in [2.75, 3.05) is 36.5 Å². The highest BCUT2D eigenvalue weighted by Crippen LogP contribution is 2.41. The zero-order chi connectivity index (χ0) is 24.5. The van der Waals surface area contributed by atoms with Gasteiger partial charge in [0.15, 0.2) is 0 Å². The van der Waals surface area contributed by atoms with Gasteiger partial charge in [0, 0.05) is 39.2 Å². The molecule has 1 aromatic heterocycles. The van der Waals surface area contributed by atoms with Gasteiger partial charge in [-0.3, -0.25) is 14.9 Å². The number of hydrogen-bond acceptors (Lipinski definition) is 7. The van der Waals surface area contributed by atoms with Gasteiger partial charge in [-0.25, -0.2) is 4.98 Å². The van der Waals surface area contributed by atoms with Crippen LogP contribution in [-0.4, -0.2) is 42.1 Å². The molecule has 1 fully saturated rings. The Morgan fingerprint density at radius 3 is 2.63 bits per heavy atom. The van der Waals surface area contributed by atoms with Crippen LogP contribution in [0, 0.1) is 10.1 Å². The summed E-state index contributed by atoms with van der Waals surface area (Å²) in [7, 11) is 0. The number of carbonyl (C=O) groups is 1. The van der Waals surface area contributed by atoms with E-state index in [1.807, 2.05) is 41.3 Å². The first kappa shape index (κ1) is 23.9. The highest BCUT2D eigenvalue weighted by Gasteiger charge is 2.24. The Labute approximate surface area is 221 Å². The number of nitrogens with one attached hydrogen (secondary N) is 1. The molecule has 2 heterocycles. The third-order valence-electron chi connectivity index (χ3n) is 5.60. The topological polar surface area (TPSA) is 97.6 Å². The average Bonchev–Trinajstić information content (AvgIpc) is 3.30. The summed E-state index contributed by atoms with van der Waals surface area (Å²) in [5.74, 6) is -0.452. The van der Waals surface area contributed by atoms with Crippen LogP contribution >= 0.6 is 43.2 Å². The maximum absolute atomic E-state index is 13.3. The van der Waals surface area contributed by atoms with Crippen LogP contribution in [0.5, 0.6) is 0 Å². The summed E-state index contributed by atoms with van der Waals surface area (Å²) < 4.78 is 7.86. The standard InChI is InChI=1S/C24H18Br2N4O4S/c25-15-12-16(24-27-18-3-1-2-4-21(18)35-24)22(17(26)13-15)28-23(31)14-5-6-19(20(11-14)30(32)33)29-7-9-34-10-8-29/h1-6,11-13H,7-10H2,(H,28,31). The molecule has 3 aromatic carbocycles. The van der Waals surface area contributed by atoms with Gasteiger partial charge in [0.25, 0.3) is 11.6 Å². The van der Waals surface area contributed by atoms with Crippen molar-refractivity contribution in [2.24, 2.45) is 0 Å². The van der Waals surface area contributed by atoms with Crippen LogP contribution in [0.3, 0.4) is 0 Å². The Kier molecular flexibility index (Phi) is 6.83. The molecule has 35 heavy (non-hydrogen) atoms. The van der Waals surface area contributed by atoms with Crippen molar-refractivity contribution in [1.82, 2.24) is 4.98 Å². The molecule has 0 bridgehead atoms. The fourth-order valence-corrected chi connectivity index (χ4v) is 6.24. The molecule has 1 aliphatic heterocycles. The Bertz CT molecular complexity index is 1420. The molecule has 1 amide bonds. The van der Waals surface area contributed by atoms with Crippen molar-refractivity contribution in [3.05, 3.63) is 79.2 Å². The van der Waals surface area contributed by atoms with Crippen molar-refractivity contribution in [3.63, 3.8) is 0 Å². The van der Waals surface area contributed by atoms with E-state index in [0.29, 0.717) is 42.2 Å². The summed E-state index contributed by atoms with van der Waals surface area (Å²) >= 11 is 8.58. The van der Waals surface area contributed by atoms with Gasteiger partial charge in [-0.15, -0.1) is 11.3 Å². The Morgan fingerprint density at radius 1 is 1.11 bits per heavy atom. The molecule has 0 aliphatic carbocycles. The van der Waals surface area contributed by atoms with Gasteiger partial charge >= 0.3 is 0 Å². The van der Waals surface area contributed by atoms with Crippen molar-refractivity contribution in [2.45, 2.75) is 0 Å². The lowest BCUT2D eigenvalue weighted by molar-refractivity contribution is -0.384. The number of morpholine rings is 1. The monoisotopic (exact) mass is 616 g/mol. The lowest BCUT2D eigenvalue weighted by Gasteiger charge is -2.28. The molecule has 11 heteroatoms. The number of ether oxygens (including phenoxy) is 1. The summed E-state index contributed by atoms with van der Waals surface area (Å²) in [5, 5.41) is 15.5. The van der Waals surface area contributed by atoms with Gasteiger partial charge in [-0.1, -0.05) is 28.1 Å². The number of anilines is 2. The van der Waals surface area contributed by atoms with E-state index in [0.717, 1.165) is 25.3 Å². The van der Waals surface area contributed by atoms with Crippen LogP contribution in [0.4, 0.5) is 17.1 Å². The van der Waals surface area contributed by atoms with Crippen molar-refractivity contribution in [3.8, 4) is 10.6 Å². The minimum Gasteiger partial charge on any atom is -0.378 e. The van der Waals surface area contributed by atoms with Gasteiger partial charge in [0.2, 0.25) is 0 Å². The lowest BCUT2D eigenvalue weighted by atomic mass is 10.1. The quantitative estimate of drug-likeness (QED) is 0.203. The molecular weight excluding hydrogens is 600 g/mol. The molecule has 0 unspecified atom stereocenters. The maximum atomic E-state index is 13.3. The zero-order valence-electron chi connectivity index (χ0n) is 18.2. The molecule has 4 aromatic rings. The number of hydrogen-bond donors (Lipinski definition) is 1. The first-order valence-corrected chi connectivity index (χ1v) is 13.1. The molecule has 1 aliphatic rings. The van der Waals surface area contributed by atoms with Crippen LogP contribution in [0.2, 0.25) is 0 Å². The van der Waals surface area contributed by atoms with Crippen molar-refractivity contribution in [1.29, 1.82) is 0 Å². The normalized spacial score (nSPS) is 13.7. The molecular formula is C24H18Br2N4O4S. The van der Waals surface area contributed by atoms with E-state index in [1.54, 1.807) is 12.1 Å². The van der Waals surface area contributed by atoms with E-state index in [9.17, 15) is 14.9 Å². The molecule has 1 saturated heterocycles. The second-order valence-corrected chi connectivity index (χ2v) is 10.6. The first-order valence-electron chi connectivity index (χ1n) is 10.7. The molecule has 5 rings (SSSR count). The minimum atomic E-state index is -0.455. The number of thiazole rings is 1. The number of nitro groups is 1. The van der Waals surface area contributed by atoms with E-state index < -0.39 is 10.8 Å². The summed E-state index contributed by atoms with van der Waals surface area (Å²) in [4.78, 5) is 31.2. The lowest BCUT2D eigenvalue weighted by Crippen LogP contribution is -2.36. The van der Waals surface area contributed by atoms with E-state index in [2.05, 4.69) is 37.2 Å². The highest BCUT2D eigenvalue weighted by atomic mass is 79.9. The van der Waals surface area contributed by atoms with E-state index >= 15 is 0 Å². The molecule has 178 valence electrons. The number of aromatic nitrogens is 1. The fourth-order valence-electron chi connectivity index (χ4n) is 3.93. The number of amides is 1. The highest BCUT2D eigenvalue weighted by molar-refractivity contribution is 9.11. The second-order valence-electron chi connectivity index (χ2n) is 7.81. The molecule has 1 N–H and O–H groups in total. The molecule has 0 saturated carbocycles. The largest absolute Gasteiger partial charge is 0.378 e. The molecule has 0 atom stereocenters. The number of benzene rings is 3. The third kappa shape index (κ3) is 4.94. The number of fused-ring (bicyclic) bond motifs is 1. The van der Waals surface area contributed by atoms with Gasteiger partial charge < -0.3 is 15.0 Å². The SMILES string of the molecule is O=C(Nc1c(Br)cc(Br)cc1-c1nc2ccccc2s1)c1ccc(N2CCOCC2)c([N+](=O)[O-])c1. The number of nitrogens with zero attached hydrogens (tertiary/aromatic N) is 3. The van der Waals surface area contributed by atoms with Crippen molar-refractivity contribution < 1.29 is 14.5 Å². The number of rotatable bonds is 5. The smallest absolute Gasteiger partial charge is 0.293 e. The molecule has 8 nitrogen and oxygen atoms in total. The fraction of sp³-hybridized carbons (Fsp3) is 0.167. The van der Waals surface area contributed by atoms with Crippen LogP contribution < -0.4 is 10.2 Å². The van der Waals surface area contributed by atoms with Gasteiger partial charge in [0.05, 0.1) is 34.0 Å². The Morgan fingerprint density at radius 2 is 1.89 bits per heavy atom. The predicted molar refractivity (Wildman–Crippen MR) is 145 cm³/mol. The predicted octanol–water partition coefficient (Wildman–Crippen LogP) is 6.49. The van der Waals surface area contributed by atoms with Crippen LogP contribution in [0.1, 0.15) is 10.4 Å². The average molecular weight is 618 g/mol. The van der Waals surface area contributed by atoms with Gasteiger partial charge in [0.1, 0.15) is 10.7 Å². The molecule has 0 radical (unpaired) electrons. The summed E-state index contributed by atoms with van der Waals surface area (Å²) in [5.41, 5.74) is 2.71. The number of nitro benzene ring substituents is 1. The van der Waals surface area contributed by atoms with E-state index in [4.69, 9.17) is 9.72 Å². The van der Waals surface area contributed by atoms with Crippen molar-refractivity contribution >= 4 is 76.4 Å². The van der Waals surface area contributed by atoms with E-state index in [1.165, 1.54) is 17.4 Å². The van der Waals surface area contributed by atoms with E-state index in [-0.39, 0.29) is 11.3 Å². The third-order valence-corrected chi connectivity index (χ3v) is 7.76. The van der Waals surface area contributed by atoms with Gasteiger partial charge in [-0.2, -0.15) is 0 Å². The summed E-state index contributed by atoms with van der Waals surface area (Å²) in [6, 6.07) is 16.1. The summed E-state index contributed by atoms with van der Waals surface area (Å²) in [6.07, 6.45) is 0. The second kappa shape index (κ2) is 10.0.